The van der Waals surface area contributed by atoms with Gasteiger partial charge in [-0.15, -0.1) is 24.0 Å². The second kappa shape index (κ2) is 10.7. The Morgan fingerprint density at radius 1 is 0.950 bits per heavy atom. The second-order valence-electron chi connectivity index (χ2n) is 4.54. The lowest BCUT2D eigenvalue weighted by atomic mass is 10.2. The summed E-state index contributed by atoms with van der Waals surface area (Å²) in [7, 11) is 4.15. The van der Waals surface area contributed by atoms with Crippen LogP contribution in [0.5, 0.6) is 0 Å². The molecule has 20 heavy (non-hydrogen) atoms. The molecule has 0 saturated heterocycles. The van der Waals surface area contributed by atoms with Gasteiger partial charge in [-0.25, -0.2) is 0 Å². The largest absolute Gasteiger partial charge is 0.312 e. The van der Waals surface area contributed by atoms with E-state index in [1.807, 2.05) is 36.4 Å². The molecule has 0 aromatic heterocycles. The van der Waals surface area contributed by atoms with E-state index in [0.29, 0.717) is 0 Å². The molecule has 0 spiro atoms. The van der Waals surface area contributed by atoms with Crippen molar-refractivity contribution in [3.8, 4) is 0 Å². The van der Waals surface area contributed by atoms with Gasteiger partial charge in [0, 0.05) is 6.54 Å². The molecule has 0 aliphatic rings. The molecule has 4 heteroatoms. The highest BCUT2D eigenvalue weighted by Gasteiger charge is 1.96. The maximum Gasteiger partial charge on any atom is 0.106 e. The van der Waals surface area contributed by atoms with E-state index >= 15 is 0 Å². The van der Waals surface area contributed by atoms with Crippen molar-refractivity contribution in [3.63, 3.8) is 0 Å². The normalized spacial score (nSPS) is 11.1. The van der Waals surface area contributed by atoms with Gasteiger partial charge in [0.05, 0.1) is 0 Å². The number of hydrogen-bond acceptors (Lipinski definition) is 2. The van der Waals surface area contributed by atoms with Gasteiger partial charge in [0.15, 0.2) is 0 Å². The number of nitrogens with zero attached hydrogens (tertiary/aromatic N) is 1. The minimum absolute atomic E-state index is 0. The highest BCUT2D eigenvalue weighted by atomic mass is 35.5. The Hall–Kier alpha value is -1.06. The first-order valence-corrected chi connectivity index (χ1v) is 6.66. The van der Waals surface area contributed by atoms with E-state index in [4.69, 9.17) is 17.3 Å². The van der Waals surface area contributed by atoms with Gasteiger partial charge < -0.3 is 10.6 Å². The number of halogens is 2. The molecular weight excluding hydrogens is 291 g/mol. The molecule has 0 amide bonds. The molecule has 2 rings (SSSR count). The molecule has 0 radical (unpaired) electrons. The maximum atomic E-state index is 5.58. The number of rotatable bonds is 3. The van der Waals surface area contributed by atoms with Gasteiger partial charge in [0.25, 0.3) is 0 Å². The first kappa shape index (κ1) is 18.9. The third-order valence-electron chi connectivity index (χ3n) is 2.46. The van der Waals surface area contributed by atoms with Crippen LogP contribution in [0.1, 0.15) is 16.6 Å². The molecule has 0 aliphatic heterocycles. The molecule has 110 valence electrons. The molecule has 0 aliphatic carbocycles. The summed E-state index contributed by atoms with van der Waals surface area (Å²) in [5.74, 6) is 0. The molecule has 2 N–H and O–H groups in total. The zero-order chi connectivity index (χ0) is 14.1. The summed E-state index contributed by atoms with van der Waals surface area (Å²) in [6.45, 7) is 1.03. The van der Waals surface area contributed by atoms with Crippen LogP contribution in [-0.2, 0) is 6.54 Å². The van der Waals surface area contributed by atoms with E-state index < -0.39 is 0 Å². The number of benzene rings is 2. The third-order valence-corrected chi connectivity index (χ3v) is 2.71. The zero-order valence-electron chi connectivity index (χ0n) is 11.9. The Morgan fingerprint density at radius 2 is 1.40 bits per heavy atom. The van der Waals surface area contributed by atoms with Crippen molar-refractivity contribution >= 4 is 24.0 Å². The monoisotopic (exact) mass is 312 g/mol. The van der Waals surface area contributed by atoms with Crippen LogP contribution in [0.4, 0.5) is 0 Å². The second-order valence-corrected chi connectivity index (χ2v) is 5.01. The van der Waals surface area contributed by atoms with Crippen molar-refractivity contribution < 1.29 is 0 Å². The lowest BCUT2D eigenvalue weighted by Gasteiger charge is -2.08. The van der Waals surface area contributed by atoms with E-state index in [9.17, 15) is 0 Å². The van der Waals surface area contributed by atoms with E-state index in [1.165, 1.54) is 5.56 Å². The number of hydrogen-bond donors (Lipinski definition) is 1. The van der Waals surface area contributed by atoms with Crippen molar-refractivity contribution in [2.75, 3.05) is 14.1 Å². The standard InChI is InChI=1S/C9H13N.C7H8ClN.ClH/c1-10(2)8-9-6-4-3-5-7-9;8-7(9)6-4-2-1-3-5-6;/h3-7H,8H2,1-2H3;1-5,7H,9H2;1H. The topological polar surface area (TPSA) is 29.3 Å². The van der Waals surface area contributed by atoms with Crippen molar-refractivity contribution in [3.05, 3.63) is 71.8 Å². The van der Waals surface area contributed by atoms with Crippen molar-refractivity contribution in [1.82, 2.24) is 4.90 Å². The van der Waals surface area contributed by atoms with E-state index in [0.717, 1.165) is 12.1 Å². The van der Waals surface area contributed by atoms with Gasteiger partial charge >= 0.3 is 0 Å². The molecule has 2 aromatic rings. The van der Waals surface area contributed by atoms with Crippen LogP contribution in [0.15, 0.2) is 60.7 Å². The van der Waals surface area contributed by atoms with E-state index in [2.05, 4.69) is 43.3 Å². The van der Waals surface area contributed by atoms with Gasteiger partial charge in [-0.3, -0.25) is 0 Å². The minimum Gasteiger partial charge on any atom is -0.312 e. The summed E-state index contributed by atoms with van der Waals surface area (Å²) in [4.78, 5) is 2.16. The smallest absolute Gasteiger partial charge is 0.106 e. The van der Waals surface area contributed by atoms with Gasteiger partial charge in [-0.05, 0) is 25.2 Å². The van der Waals surface area contributed by atoms with Gasteiger partial charge in [0.1, 0.15) is 5.50 Å². The highest BCUT2D eigenvalue weighted by Crippen LogP contribution is 2.11. The predicted octanol–water partition coefficient (Wildman–Crippen LogP) is 4.05. The van der Waals surface area contributed by atoms with Crippen molar-refractivity contribution in [2.24, 2.45) is 5.73 Å². The van der Waals surface area contributed by atoms with Crippen LogP contribution in [0.3, 0.4) is 0 Å². The number of nitrogens with two attached hydrogens (primary N) is 1. The van der Waals surface area contributed by atoms with Crippen LogP contribution in [0.2, 0.25) is 0 Å². The first-order chi connectivity index (χ1) is 9.09. The SMILES string of the molecule is CN(C)Cc1ccccc1.Cl.NC(Cl)c1ccccc1. The predicted molar refractivity (Wildman–Crippen MR) is 90.3 cm³/mol. The molecule has 0 bridgehead atoms. The molecule has 2 nitrogen and oxygen atoms in total. The summed E-state index contributed by atoms with van der Waals surface area (Å²) in [6.07, 6.45) is 0. The third kappa shape index (κ3) is 8.18. The lowest BCUT2D eigenvalue weighted by Crippen LogP contribution is -2.10. The van der Waals surface area contributed by atoms with Gasteiger partial charge in [0.2, 0.25) is 0 Å². The summed E-state index contributed by atoms with van der Waals surface area (Å²) in [5.41, 5.74) is 7.34. The fraction of sp³-hybridized carbons (Fsp3) is 0.250. The average molecular weight is 313 g/mol. The fourth-order valence-electron chi connectivity index (χ4n) is 1.59. The zero-order valence-corrected chi connectivity index (χ0v) is 13.4. The van der Waals surface area contributed by atoms with E-state index in [1.54, 1.807) is 0 Å². The quantitative estimate of drug-likeness (QED) is 0.684. The Morgan fingerprint density at radius 3 is 1.75 bits per heavy atom. The van der Waals surface area contributed by atoms with Crippen LogP contribution in [0, 0.1) is 0 Å². The molecule has 0 heterocycles. The van der Waals surface area contributed by atoms with Crippen LogP contribution < -0.4 is 5.73 Å². The molecule has 0 fully saturated rings. The summed E-state index contributed by atoms with van der Waals surface area (Å²) < 4.78 is 0. The highest BCUT2D eigenvalue weighted by molar-refractivity contribution is 6.20. The Balaban J connectivity index is 0.000000345. The van der Waals surface area contributed by atoms with Gasteiger partial charge in [-0.1, -0.05) is 60.7 Å². The molecular formula is C16H22Cl2N2. The fourth-order valence-corrected chi connectivity index (χ4v) is 1.73. The van der Waals surface area contributed by atoms with Crippen LogP contribution in [0.25, 0.3) is 0 Å². The molecule has 1 atom stereocenters. The van der Waals surface area contributed by atoms with Gasteiger partial charge in [-0.2, -0.15) is 0 Å². The molecule has 0 saturated carbocycles. The maximum absolute atomic E-state index is 5.58. The Kier molecular flexibility index (Phi) is 10.1. The molecule has 2 aromatic carbocycles. The Labute approximate surface area is 133 Å². The van der Waals surface area contributed by atoms with Crippen molar-refractivity contribution in [2.45, 2.75) is 12.0 Å². The van der Waals surface area contributed by atoms with Crippen LogP contribution in [-0.4, -0.2) is 19.0 Å². The summed E-state index contributed by atoms with van der Waals surface area (Å²) in [6, 6.07) is 20.0. The van der Waals surface area contributed by atoms with Crippen molar-refractivity contribution in [1.29, 1.82) is 0 Å². The molecule has 1 unspecified atom stereocenters. The lowest BCUT2D eigenvalue weighted by molar-refractivity contribution is 0.402. The minimum atomic E-state index is -0.369. The summed E-state index contributed by atoms with van der Waals surface area (Å²) in [5, 5.41) is 0. The number of alkyl halides is 1. The average Bonchev–Trinajstić information content (AvgIpc) is 2.41. The van der Waals surface area contributed by atoms with Crippen LogP contribution >= 0.6 is 24.0 Å². The summed E-state index contributed by atoms with van der Waals surface area (Å²) >= 11 is 5.58. The van der Waals surface area contributed by atoms with E-state index in [-0.39, 0.29) is 17.9 Å². The Bertz CT molecular complexity index is 445. The first-order valence-electron chi connectivity index (χ1n) is 6.23.